The Morgan fingerprint density at radius 2 is 2.22 bits per heavy atom. The van der Waals surface area contributed by atoms with Crippen LogP contribution in [0.15, 0.2) is 0 Å². The lowest BCUT2D eigenvalue weighted by molar-refractivity contribution is -0.199. The topological polar surface area (TPSA) is 49.3 Å². The van der Waals surface area contributed by atoms with Crippen LogP contribution in [0.2, 0.25) is 0 Å². The standard InChI is InChI=1S/C11H17ClF3NO2/c1-7(12)9(17)16-6-10(18)4-2-3-8(5-10)11(13,14)15/h7-8,18H,2-6H2,1H3,(H,16,17). The third-order valence-corrected chi connectivity index (χ3v) is 3.44. The molecule has 18 heavy (non-hydrogen) atoms. The van der Waals surface area contributed by atoms with E-state index in [0.717, 1.165) is 0 Å². The smallest absolute Gasteiger partial charge is 0.388 e. The van der Waals surface area contributed by atoms with Gasteiger partial charge in [-0.05, 0) is 32.6 Å². The van der Waals surface area contributed by atoms with Gasteiger partial charge in [0.05, 0.1) is 11.5 Å². The molecule has 106 valence electrons. The summed E-state index contributed by atoms with van der Waals surface area (Å²) in [6.45, 7) is 1.27. The molecular formula is C11H17ClF3NO2. The third kappa shape index (κ3) is 4.31. The molecule has 0 radical (unpaired) electrons. The second-order valence-electron chi connectivity index (χ2n) is 4.89. The number of amides is 1. The van der Waals surface area contributed by atoms with Crippen LogP contribution in [-0.2, 0) is 4.79 Å². The fraction of sp³-hybridized carbons (Fsp3) is 0.909. The fourth-order valence-corrected chi connectivity index (χ4v) is 2.25. The normalized spacial score (nSPS) is 30.9. The van der Waals surface area contributed by atoms with E-state index in [2.05, 4.69) is 5.32 Å². The van der Waals surface area contributed by atoms with Crippen molar-refractivity contribution in [1.29, 1.82) is 0 Å². The SMILES string of the molecule is CC(Cl)C(=O)NCC1(O)CCCC(C(F)(F)F)C1. The molecule has 1 saturated carbocycles. The Bertz CT molecular complexity index is 309. The second-order valence-corrected chi connectivity index (χ2v) is 5.55. The van der Waals surface area contributed by atoms with Crippen LogP contribution in [0.1, 0.15) is 32.6 Å². The Morgan fingerprint density at radius 3 is 2.72 bits per heavy atom. The van der Waals surface area contributed by atoms with E-state index >= 15 is 0 Å². The van der Waals surface area contributed by atoms with Gasteiger partial charge in [-0.15, -0.1) is 11.6 Å². The lowest BCUT2D eigenvalue weighted by Crippen LogP contribution is -2.49. The van der Waals surface area contributed by atoms with Crippen LogP contribution >= 0.6 is 11.6 Å². The molecule has 3 atom stereocenters. The Kier molecular flexibility index (Phi) is 4.89. The van der Waals surface area contributed by atoms with Gasteiger partial charge >= 0.3 is 6.18 Å². The van der Waals surface area contributed by atoms with Gasteiger partial charge in [-0.25, -0.2) is 0 Å². The van der Waals surface area contributed by atoms with Gasteiger partial charge in [0.1, 0.15) is 5.38 Å². The first-order chi connectivity index (χ1) is 8.14. The molecule has 3 nitrogen and oxygen atoms in total. The number of halogens is 4. The van der Waals surface area contributed by atoms with E-state index in [-0.39, 0.29) is 25.8 Å². The predicted molar refractivity (Wildman–Crippen MR) is 61.3 cm³/mol. The highest BCUT2D eigenvalue weighted by Gasteiger charge is 2.47. The minimum absolute atomic E-state index is 0.0334. The molecule has 1 aliphatic carbocycles. The van der Waals surface area contributed by atoms with E-state index in [4.69, 9.17) is 11.6 Å². The summed E-state index contributed by atoms with van der Waals surface area (Å²) in [6.07, 6.45) is -4.07. The van der Waals surface area contributed by atoms with Gasteiger partial charge < -0.3 is 10.4 Å². The molecule has 1 rings (SSSR count). The van der Waals surface area contributed by atoms with Gasteiger partial charge in [0.15, 0.2) is 0 Å². The van der Waals surface area contributed by atoms with Crippen molar-refractivity contribution < 1.29 is 23.1 Å². The van der Waals surface area contributed by atoms with Crippen LogP contribution in [0.4, 0.5) is 13.2 Å². The third-order valence-electron chi connectivity index (χ3n) is 3.24. The maximum atomic E-state index is 12.6. The molecule has 7 heteroatoms. The highest BCUT2D eigenvalue weighted by molar-refractivity contribution is 6.30. The minimum atomic E-state index is -4.29. The highest BCUT2D eigenvalue weighted by atomic mass is 35.5. The molecule has 0 aliphatic heterocycles. The summed E-state index contributed by atoms with van der Waals surface area (Å²) in [7, 11) is 0. The molecule has 1 fully saturated rings. The number of hydrogen-bond acceptors (Lipinski definition) is 2. The summed E-state index contributed by atoms with van der Waals surface area (Å²) in [6, 6.07) is 0. The monoisotopic (exact) mass is 287 g/mol. The Morgan fingerprint density at radius 1 is 1.61 bits per heavy atom. The first-order valence-corrected chi connectivity index (χ1v) is 6.28. The van der Waals surface area contributed by atoms with Crippen molar-refractivity contribution in [3.05, 3.63) is 0 Å². The van der Waals surface area contributed by atoms with Gasteiger partial charge in [-0.3, -0.25) is 4.79 Å². The summed E-state index contributed by atoms with van der Waals surface area (Å²) in [4.78, 5) is 11.2. The molecule has 0 heterocycles. The summed E-state index contributed by atoms with van der Waals surface area (Å²) in [5.41, 5.74) is -1.49. The molecule has 0 spiro atoms. The van der Waals surface area contributed by atoms with Crippen molar-refractivity contribution >= 4 is 17.5 Å². The van der Waals surface area contributed by atoms with Crippen molar-refractivity contribution in [2.45, 2.75) is 49.8 Å². The van der Waals surface area contributed by atoms with Gasteiger partial charge in [0.2, 0.25) is 5.91 Å². The molecule has 0 aromatic rings. The van der Waals surface area contributed by atoms with E-state index in [9.17, 15) is 23.1 Å². The van der Waals surface area contributed by atoms with Crippen LogP contribution in [0.3, 0.4) is 0 Å². The zero-order chi connectivity index (χ0) is 14.0. The number of carbonyl (C=O) groups is 1. The second kappa shape index (κ2) is 5.65. The Hall–Kier alpha value is -0.490. The number of carbonyl (C=O) groups excluding carboxylic acids is 1. The highest BCUT2D eigenvalue weighted by Crippen LogP contribution is 2.41. The zero-order valence-corrected chi connectivity index (χ0v) is 10.8. The van der Waals surface area contributed by atoms with Crippen molar-refractivity contribution in [2.24, 2.45) is 5.92 Å². The molecule has 1 amide bonds. The van der Waals surface area contributed by atoms with Crippen LogP contribution in [0, 0.1) is 5.92 Å². The maximum absolute atomic E-state index is 12.6. The first-order valence-electron chi connectivity index (χ1n) is 5.85. The average molecular weight is 288 g/mol. The van der Waals surface area contributed by atoms with E-state index in [1.54, 1.807) is 0 Å². The van der Waals surface area contributed by atoms with Crippen LogP contribution in [0.25, 0.3) is 0 Å². The van der Waals surface area contributed by atoms with Crippen LogP contribution < -0.4 is 5.32 Å². The quantitative estimate of drug-likeness (QED) is 0.782. The zero-order valence-electron chi connectivity index (χ0n) is 10.1. The average Bonchev–Trinajstić information content (AvgIpc) is 2.24. The minimum Gasteiger partial charge on any atom is -0.388 e. The molecule has 0 aromatic carbocycles. The lowest BCUT2D eigenvalue weighted by Gasteiger charge is -2.37. The predicted octanol–water partition coefficient (Wildman–Crippen LogP) is 2.21. The molecule has 3 unspecified atom stereocenters. The first kappa shape index (κ1) is 15.6. The van der Waals surface area contributed by atoms with Crippen LogP contribution in [-0.4, -0.2) is 34.7 Å². The number of rotatable bonds is 3. The number of alkyl halides is 4. The number of nitrogens with one attached hydrogen (secondary N) is 1. The summed E-state index contributed by atoms with van der Waals surface area (Å²) in [5, 5.41) is 11.7. The van der Waals surface area contributed by atoms with Gasteiger partial charge in [0, 0.05) is 6.54 Å². The van der Waals surface area contributed by atoms with Crippen LogP contribution in [0.5, 0.6) is 0 Å². The van der Waals surface area contributed by atoms with E-state index in [1.165, 1.54) is 6.92 Å². The molecule has 2 N–H and O–H groups in total. The number of hydrogen-bond donors (Lipinski definition) is 2. The number of aliphatic hydroxyl groups is 1. The van der Waals surface area contributed by atoms with E-state index in [0.29, 0.717) is 6.42 Å². The van der Waals surface area contributed by atoms with E-state index < -0.39 is 29.0 Å². The van der Waals surface area contributed by atoms with Crippen molar-refractivity contribution in [1.82, 2.24) is 5.32 Å². The summed E-state index contributed by atoms with van der Waals surface area (Å²) in [5.74, 6) is -1.99. The van der Waals surface area contributed by atoms with Gasteiger partial charge in [0.25, 0.3) is 0 Å². The molecular weight excluding hydrogens is 271 g/mol. The van der Waals surface area contributed by atoms with Gasteiger partial charge in [-0.2, -0.15) is 13.2 Å². The Balaban J connectivity index is 2.55. The van der Waals surface area contributed by atoms with Crippen molar-refractivity contribution in [2.75, 3.05) is 6.54 Å². The maximum Gasteiger partial charge on any atom is 0.391 e. The van der Waals surface area contributed by atoms with Crippen molar-refractivity contribution in [3.63, 3.8) is 0 Å². The fourth-order valence-electron chi connectivity index (χ4n) is 2.17. The largest absolute Gasteiger partial charge is 0.391 e. The summed E-state index contributed by atoms with van der Waals surface area (Å²) >= 11 is 5.52. The molecule has 0 aromatic heterocycles. The lowest BCUT2D eigenvalue weighted by atomic mass is 9.77. The Labute approximate surface area is 109 Å². The molecule has 1 aliphatic rings. The molecule has 0 bridgehead atoms. The summed E-state index contributed by atoms with van der Waals surface area (Å²) < 4.78 is 37.8. The van der Waals surface area contributed by atoms with Gasteiger partial charge in [-0.1, -0.05) is 0 Å². The van der Waals surface area contributed by atoms with E-state index in [1.807, 2.05) is 0 Å². The van der Waals surface area contributed by atoms with Crippen molar-refractivity contribution in [3.8, 4) is 0 Å². The molecule has 0 saturated heterocycles.